The second kappa shape index (κ2) is 5.24. The van der Waals surface area contributed by atoms with E-state index in [9.17, 15) is 5.11 Å². The van der Waals surface area contributed by atoms with E-state index < -0.39 is 6.10 Å². The summed E-state index contributed by atoms with van der Waals surface area (Å²) in [7, 11) is 0. The molecule has 4 nitrogen and oxygen atoms in total. The van der Waals surface area contributed by atoms with Crippen molar-refractivity contribution < 1.29 is 14.6 Å². The van der Waals surface area contributed by atoms with Crippen LogP contribution in [0.15, 0.2) is 12.1 Å². The first kappa shape index (κ1) is 13.7. The Labute approximate surface area is 125 Å². The molecular formula is C14H14ClNO3S. The Morgan fingerprint density at radius 2 is 2.20 bits per heavy atom. The van der Waals surface area contributed by atoms with Crippen LogP contribution in [0.4, 0.5) is 0 Å². The van der Waals surface area contributed by atoms with E-state index in [2.05, 4.69) is 4.98 Å². The van der Waals surface area contributed by atoms with Crippen molar-refractivity contribution in [1.29, 1.82) is 0 Å². The van der Waals surface area contributed by atoms with Crippen molar-refractivity contribution >= 4 is 22.9 Å². The molecule has 0 amide bonds. The average Bonchev–Trinajstić information content (AvgIpc) is 2.97. The first-order valence-corrected chi connectivity index (χ1v) is 7.44. The van der Waals surface area contributed by atoms with Gasteiger partial charge in [-0.2, -0.15) is 0 Å². The van der Waals surface area contributed by atoms with Crippen LogP contribution in [-0.2, 0) is 6.42 Å². The first-order chi connectivity index (χ1) is 9.54. The van der Waals surface area contributed by atoms with Crippen LogP contribution in [0.5, 0.6) is 11.5 Å². The van der Waals surface area contributed by atoms with Crippen LogP contribution >= 0.6 is 22.9 Å². The van der Waals surface area contributed by atoms with Crippen LogP contribution < -0.4 is 9.47 Å². The number of aliphatic hydroxyl groups excluding tert-OH is 1. The standard InChI is InChI=1S/C14H14ClNO3S/c1-7-8(2)20-13(16-7)5-11(17)9-3-10(15)14-12(4-9)18-6-19-14/h3-4,11,17H,5-6H2,1-2H3. The Balaban J connectivity index is 1.84. The van der Waals surface area contributed by atoms with Crippen molar-refractivity contribution in [3.8, 4) is 11.5 Å². The number of aromatic nitrogens is 1. The fraction of sp³-hybridized carbons (Fsp3) is 0.357. The number of benzene rings is 1. The maximum absolute atomic E-state index is 10.3. The summed E-state index contributed by atoms with van der Waals surface area (Å²) in [6.45, 7) is 4.17. The molecule has 1 aliphatic heterocycles. The van der Waals surface area contributed by atoms with Gasteiger partial charge in [-0.05, 0) is 31.5 Å². The number of hydrogen-bond acceptors (Lipinski definition) is 5. The van der Waals surface area contributed by atoms with E-state index in [4.69, 9.17) is 21.1 Å². The molecule has 1 atom stereocenters. The molecule has 106 valence electrons. The number of rotatable bonds is 3. The SMILES string of the molecule is Cc1nc(CC(O)c2cc(Cl)c3c(c2)OCO3)sc1C. The lowest BCUT2D eigenvalue weighted by atomic mass is 10.1. The first-order valence-electron chi connectivity index (χ1n) is 6.24. The number of aliphatic hydroxyl groups is 1. The highest BCUT2D eigenvalue weighted by Gasteiger charge is 2.21. The molecule has 20 heavy (non-hydrogen) atoms. The molecule has 1 aromatic heterocycles. The topological polar surface area (TPSA) is 51.6 Å². The van der Waals surface area contributed by atoms with Crippen LogP contribution in [0.25, 0.3) is 0 Å². The molecular weight excluding hydrogens is 298 g/mol. The van der Waals surface area contributed by atoms with Crippen LogP contribution in [0, 0.1) is 13.8 Å². The number of halogens is 1. The Kier molecular flexibility index (Phi) is 3.58. The minimum Gasteiger partial charge on any atom is -0.454 e. The lowest BCUT2D eigenvalue weighted by Gasteiger charge is -2.11. The predicted molar refractivity (Wildman–Crippen MR) is 77.8 cm³/mol. The molecule has 2 aromatic rings. The van der Waals surface area contributed by atoms with Gasteiger partial charge in [0, 0.05) is 11.3 Å². The van der Waals surface area contributed by atoms with E-state index >= 15 is 0 Å². The number of hydrogen-bond donors (Lipinski definition) is 1. The Morgan fingerprint density at radius 3 is 2.90 bits per heavy atom. The summed E-state index contributed by atoms with van der Waals surface area (Å²) >= 11 is 7.73. The van der Waals surface area contributed by atoms with Gasteiger partial charge in [0.05, 0.1) is 21.8 Å². The minimum atomic E-state index is -0.660. The fourth-order valence-electron chi connectivity index (χ4n) is 2.09. The zero-order valence-electron chi connectivity index (χ0n) is 11.1. The number of thiazole rings is 1. The van der Waals surface area contributed by atoms with E-state index in [1.807, 2.05) is 13.8 Å². The van der Waals surface area contributed by atoms with Crippen LogP contribution in [0.3, 0.4) is 0 Å². The maximum Gasteiger partial charge on any atom is 0.231 e. The average molecular weight is 312 g/mol. The molecule has 0 bridgehead atoms. The Morgan fingerprint density at radius 1 is 1.40 bits per heavy atom. The number of fused-ring (bicyclic) bond motifs is 1. The molecule has 0 aliphatic carbocycles. The van der Waals surface area contributed by atoms with Gasteiger partial charge in [0.15, 0.2) is 11.5 Å². The summed E-state index contributed by atoms with van der Waals surface area (Å²) in [6.07, 6.45) is -0.193. The number of aryl methyl sites for hydroxylation is 2. The van der Waals surface area contributed by atoms with E-state index in [0.29, 0.717) is 28.5 Å². The van der Waals surface area contributed by atoms with E-state index in [1.165, 1.54) is 4.88 Å². The van der Waals surface area contributed by atoms with Crippen LogP contribution in [-0.4, -0.2) is 16.9 Å². The van der Waals surface area contributed by atoms with Crippen molar-refractivity contribution in [1.82, 2.24) is 4.98 Å². The molecule has 3 rings (SSSR count). The van der Waals surface area contributed by atoms with Crippen molar-refractivity contribution in [3.63, 3.8) is 0 Å². The van der Waals surface area contributed by atoms with Gasteiger partial charge in [-0.1, -0.05) is 11.6 Å². The summed E-state index contributed by atoms with van der Waals surface area (Å²) in [6, 6.07) is 3.49. The molecule has 2 heterocycles. The van der Waals surface area contributed by atoms with Gasteiger partial charge in [0.2, 0.25) is 6.79 Å². The molecule has 1 aliphatic rings. The summed E-state index contributed by atoms with van der Waals surface area (Å²) in [5, 5.41) is 11.7. The third-order valence-electron chi connectivity index (χ3n) is 3.28. The maximum atomic E-state index is 10.3. The van der Waals surface area contributed by atoms with E-state index in [-0.39, 0.29) is 6.79 Å². The normalized spacial score (nSPS) is 14.6. The Hall–Kier alpha value is -1.30. The highest BCUT2D eigenvalue weighted by Crippen LogP contribution is 2.41. The van der Waals surface area contributed by atoms with Gasteiger partial charge in [-0.25, -0.2) is 4.98 Å². The summed E-state index contributed by atoms with van der Waals surface area (Å²) in [4.78, 5) is 5.62. The Bertz CT molecular complexity index is 637. The highest BCUT2D eigenvalue weighted by molar-refractivity contribution is 7.11. The van der Waals surface area contributed by atoms with Crippen molar-refractivity contribution in [2.45, 2.75) is 26.4 Å². The number of nitrogens with zero attached hydrogens (tertiary/aromatic N) is 1. The molecule has 0 saturated carbocycles. The molecule has 6 heteroatoms. The fourth-order valence-corrected chi connectivity index (χ4v) is 3.33. The molecule has 1 N–H and O–H groups in total. The highest BCUT2D eigenvalue weighted by atomic mass is 35.5. The second-order valence-electron chi connectivity index (χ2n) is 4.71. The lowest BCUT2D eigenvalue weighted by molar-refractivity contribution is 0.171. The van der Waals surface area contributed by atoms with E-state index in [0.717, 1.165) is 10.7 Å². The number of ether oxygens (including phenoxy) is 2. The lowest BCUT2D eigenvalue weighted by Crippen LogP contribution is -2.02. The van der Waals surface area contributed by atoms with Crippen molar-refractivity contribution in [2.24, 2.45) is 0 Å². The van der Waals surface area contributed by atoms with Gasteiger partial charge in [0.25, 0.3) is 0 Å². The zero-order valence-corrected chi connectivity index (χ0v) is 12.7. The van der Waals surface area contributed by atoms with Gasteiger partial charge in [-0.3, -0.25) is 0 Å². The molecule has 0 fully saturated rings. The quantitative estimate of drug-likeness (QED) is 0.943. The van der Waals surface area contributed by atoms with Crippen molar-refractivity contribution in [3.05, 3.63) is 38.3 Å². The third-order valence-corrected chi connectivity index (χ3v) is 4.65. The van der Waals surface area contributed by atoms with Gasteiger partial charge >= 0.3 is 0 Å². The monoisotopic (exact) mass is 311 g/mol. The van der Waals surface area contributed by atoms with Crippen LogP contribution in [0.2, 0.25) is 5.02 Å². The largest absolute Gasteiger partial charge is 0.454 e. The minimum absolute atomic E-state index is 0.166. The van der Waals surface area contributed by atoms with Gasteiger partial charge < -0.3 is 14.6 Å². The van der Waals surface area contributed by atoms with E-state index in [1.54, 1.807) is 23.5 Å². The molecule has 0 radical (unpaired) electrons. The molecule has 1 unspecified atom stereocenters. The van der Waals surface area contributed by atoms with Gasteiger partial charge in [-0.15, -0.1) is 11.3 Å². The summed E-state index contributed by atoms with van der Waals surface area (Å²) in [5.74, 6) is 1.13. The van der Waals surface area contributed by atoms with Crippen molar-refractivity contribution in [2.75, 3.05) is 6.79 Å². The summed E-state index contributed by atoms with van der Waals surface area (Å²) < 4.78 is 10.6. The molecule has 1 aromatic carbocycles. The molecule has 0 spiro atoms. The predicted octanol–water partition coefficient (Wildman–Crippen LogP) is 3.42. The molecule has 0 saturated heterocycles. The summed E-state index contributed by atoms with van der Waals surface area (Å²) in [5.41, 5.74) is 1.73. The smallest absolute Gasteiger partial charge is 0.231 e. The van der Waals surface area contributed by atoms with Gasteiger partial charge in [0.1, 0.15) is 0 Å². The second-order valence-corrected chi connectivity index (χ2v) is 6.40. The third kappa shape index (κ3) is 2.49. The zero-order chi connectivity index (χ0) is 14.3. The van der Waals surface area contributed by atoms with Crippen LogP contribution in [0.1, 0.15) is 27.2 Å².